The quantitative estimate of drug-likeness (QED) is 0.203. The van der Waals surface area contributed by atoms with Gasteiger partial charge in [-0.05, 0) is 55.2 Å². The molecule has 41 heavy (non-hydrogen) atoms. The third-order valence-corrected chi connectivity index (χ3v) is 9.60. The van der Waals surface area contributed by atoms with Gasteiger partial charge in [0, 0.05) is 23.9 Å². The van der Waals surface area contributed by atoms with Crippen molar-refractivity contribution in [1.29, 1.82) is 0 Å². The topological polar surface area (TPSA) is 38.8 Å². The van der Waals surface area contributed by atoms with Crippen LogP contribution in [-0.4, -0.2) is 26.3 Å². The molecule has 0 radical (unpaired) electrons. The summed E-state index contributed by atoms with van der Waals surface area (Å²) in [5, 5.41) is 11.7. The van der Waals surface area contributed by atoms with Crippen LogP contribution in [0.25, 0.3) is 65.0 Å². The Morgan fingerprint density at radius 3 is 1.39 bits per heavy atom. The van der Waals surface area contributed by atoms with Gasteiger partial charge in [0.2, 0.25) is 0 Å². The van der Waals surface area contributed by atoms with E-state index in [0.717, 1.165) is 45.8 Å². The molecule has 4 nitrogen and oxygen atoms in total. The summed E-state index contributed by atoms with van der Waals surface area (Å²) in [5.41, 5.74) is 1.64. The highest BCUT2D eigenvalue weighted by Crippen LogP contribution is 2.41. The van der Waals surface area contributed by atoms with E-state index in [1.54, 1.807) is 0 Å². The van der Waals surface area contributed by atoms with Crippen LogP contribution in [0.5, 0.6) is 0 Å². The van der Waals surface area contributed by atoms with Crippen molar-refractivity contribution in [2.75, 3.05) is 31.0 Å². The van der Waals surface area contributed by atoms with E-state index in [9.17, 15) is 0 Å². The number of ether oxygens (including phenoxy) is 1. The zero-order valence-electron chi connectivity index (χ0n) is 22.5. The fraction of sp³-hybridized carbons (Fsp3) is 0.111. The van der Waals surface area contributed by atoms with Crippen LogP contribution in [0, 0.1) is 0 Å². The molecule has 1 fully saturated rings. The fourth-order valence-electron chi connectivity index (χ4n) is 6.09. The van der Waals surface area contributed by atoms with Crippen LogP contribution >= 0.6 is 8.16 Å². The minimum atomic E-state index is -1.44. The summed E-state index contributed by atoms with van der Waals surface area (Å²) in [4.78, 5) is 0. The Kier molecular flexibility index (Phi) is 6.11. The lowest BCUT2D eigenvalue weighted by Gasteiger charge is -2.23. The predicted molar refractivity (Wildman–Crippen MR) is 173 cm³/mol. The highest BCUT2D eigenvalue weighted by Gasteiger charge is 2.18. The van der Waals surface area contributed by atoms with Crippen LogP contribution < -0.4 is 4.67 Å². The number of nitrogens with zero attached hydrogens (tertiary/aromatic N) is 1. The van der Waals surface area contributed by atoms with Crippen LogP contribution in [0.2, 0.25) is 0 Å². The fourth-order valence-corrected chi connectivity index (χ4v) is 7.50. The van der Waals surface area contributed by atoms with Crippen LogP contribution in [0.1, 0.15) is 0 Å². The average molecular weight is 554 g/mol. The number of hydrogen-bond donors (Lipinski definition) is 0. The molecule has 0 spiro atoms. The van der Waals surface area contributed by atoms with Gasteiger partial charge in [-0.3, -0.25) is 0 Å². The van der Waals surface area contributed by atoms with E-state index in [1.807, 2.05) is 12.1 Å². The first-order chi connectivity index (χ1) is 20.3. The number of para-hydroxylation sites is 2. The van der Waals surface area contributed by atoms with Gasteiger partial charge < -0.3 is 13.1 Å². The van der Waals surface area contributed by atoms with Gasteiger partial charge in [-0.25, -0.2) is 0 Å². The summed E-state index contributed by atoms with van der Waals surface area (Å²) >= 11 is 0. The summed E-state index contributed by atoms with van der Waals surface area (Å²) in [6, 6.07) is 43.1. The maximum absolute atomic E-state index is 6.89. The van der Waals surface area contributed by atoms with Gasteiger partial charge in [-0.1, -0.05) is 109 Å². The molecule has 0 amide bonds. The Morgan fingerprint density at radius 1 is 0.439 bits per heavy atom. The molecule has 7 aromatic rings. The first kappa shape index (κ1) is 24.5. The first-order valence-corrected chi connectivity index (χ1v) is 15.2. The Balaban J connectivity index is 1.75. The predicted octanol–water partition coefficient (Wildman–Crippen LogP) is 10.00. The zero-order valence-corrected chi connectivity index (χ0v) is 23.4. The summed E-state index contributed by atoms with van der Waals surface area (Å²) < 4.78 is 21.8. The molecule has 6 aromatic carbocycles. The van der Waals surface area contributed by atoms with Crippen LogP contribution in [0.15, 0.2) is 130 Å². The first-order valence-electron chi connectivity index (χ1n) is 14.1. The molecule has 0 aliphatic carbocycles. The van der Waals surface area contributed by atoms with E-state index in [0.29, 0.717) is 13.2 Å². The third kappa shape index (κ3) is 4.24. The van der Waals surface area contributed by atoms with Gasteiger partial charge in [-0.15, -0.1) is 0 Å². The van der Waals surface area contributed by atoms with Gasteiger partial charge >= 0.3 is 8.16 Å². The largest absolute Gasteiger partial charge is 0.408 e. The van der Waals surface area contributed by atoms with Crippen molar-refractivity contribution in [1.82, 2.24) is 0 Å². The van der Waals surface area contributed by atoms with Gasteiger partial charge in [0.15, 0.2) is 0 Å². The van der Waals surface area contributed by atoms with Crippen LogP contribution in [0.4, 0.5) is 0 Å². The minimum absolute atomic E-state index is 0.665. The molecule has 1 aliphatic heterocycles. The SMILES string of the molecule is c1ccc2c(c1)ccc1c3ccccc3op(N3CCOCC3)oc3ccccc3c3ccc4ccccc4c3c21. The van der Waals surface area contributed by atoms with Gasteiger partial charge in [0.25, 0.3) is 0 Å². The molecule has 0 bridgehead atoms. The summed E-state index contributed by atoms with van der Waals surface area (Å²) in [7, 11) is -1.44. The Morgan fingerprint density at radius 2 is 0.878 bits per heavy atom. The molecule has 0 atom stereocenters. The zero-order chi connectivity index (χ0) is 27.2. The second-order valence-electron chi connectivity index (χ2n) is 10.4. The third-order valence-electron chi connectivity index (χ3n) is 8.03. The second-order valence-corrected chi connectivity index (χ2v) is 11.8. The molecule has 5 heteroatoms. The molecule has 8 rings (SSSR count). The van der Waals surface area contributed by atoms with Gasteiger partial charge in [0.1, 0.15) is 11.2 Å². The monoisotopic (exact) mass is 553 g/mol. The molecule has 0 N–H and O–H groups in total. The molecule has 0 saturated carbocycles. The van der Waals surface area contributed by atoms with Crippen molar-refractivity contribution in [2.24, 2.45) is 0 Å². The summed E-state index contributed by atoms with van der Waals surface area (Å²) in [5.74, 6) is 0. The van der Waals surface area contributed by atoms with E-state index in [-0.39, 0.29) is 0 Å². The number of fused-ring (bicyclic) bond motifs is 11. The smallest absolute Gasteiger partial charge is 0.309 e. The van der Waals surface area contributed by atoms with Crippen molar-refractivity contribution in [3.8, 4) is 0 Å². The molecule has 1 aromatic heterocycles. The van der Waals surface area contributed by atoms with Crippen molar-refractivity contribution in [3.63, 3.8) is 0 Å². The molecular weight excluding hydrogens is 525 g/mol. The van der Waals surface area contributed by atoms with Crippen molar-refractivity contribution in [3.05, 3.63) is 121 Å². The molecule has 2 heterocycles. The standard InChI is InChI=1S/C36H28NO3P/c1-3-11-27-25(9-1)17-19-31-29-13-5-7-15-33(29)39-41(37-21-23-38-24-22-37)40-34-16-8-6-14-30(34)32-20-18-26-10-2-4-12-28(26)36(32)35(27)31/h1-20H,21-24H2. The minimum Gasteiger partial charge on any atom is -0.408 e. The van der Waals surface area contributed by atoms with E-state index < -0.39 is 8.16 Å². The van der Waals surface area contributed by atoms with Crippen molar-refractivity contribution in [2.45, 2.75) is 0 Å². The van der Waals surface area contributed by atoms with Gasteiger partial charge in [0.05, 0.1) is 13.2 Å². The van der Waals surface area contributed by atoms with Crippen molar-refractivity contribution >= 4 is 73.2 Å². The van der Waals surface area contributed by atoms with Crippen LogP contribution in [-0.2, 0) is 4.74 Å². The van der Waals surface area contributed by atoms with E-state index in [1.165, 1.54) is 32.3 Å². The lowest BCUT2D eigenvalue weighted by molar-refractivity contribution is 0.125. The second kappa shape index (κ2) is 10.2. The van der Waals surface area contributed by atoms with E-state index in [2.05, 4.69) is 114 Å². The number of benzene rings is 6. The van der Waals surface area contributed by atoms with Crippen LogP contribution in [0.3, 0.4) is 0 Å². The lowest BCUT2D eigenvalue weighted by atomic mass is 9.93. The number of morpholine rings is 1. The van der Waals surface area contributed by atoms with E-state index in [4.69, 9.17) is 13.1 Å². The van der Waals surface area contributed by atoms with Gasteiger partial charge in [-0.2, -0.15) is 4.67 Å². The number of rotatable bonds is 1. The summed E-state index contributed by atoms with van der Waals surface area (Å²) in [6.45, 7) is 2.86. The molecule has 200 valence electrons. The highest BCUT2D eigenvalue weighted by atomic mass is 31.1. The molecule has 1 saturated heterocycles. The molecule has 1 aliphatic rings. The normalized spacial score (nSPS) is 14.2. The summed E-state index contributed by atoms with van der Waals surface area (Å²) in [6.07, 6.45) is 0. The maximum atomic E-state index is 6.89. The highest BCUT2D eigenvalue weighted by molar-refractivity contribution is 7.38. The molecule has 0 unspecified atom stereocenters. The lowest BCUT2D eigenvalue weighted by Crippen LogP contribution is -2.33. The van der Waals surface area contributed by atoms with Crippen molar-refractivity contribution < 1.29 is 13.1 Å². The maximum Gasteiger partial charge on any atom is 0.309 e. The average Bonchev–Trinajstić information content (AvgIpc) is 3.06. The van der Waals surface area contributed by atoms with E-state index >= 15 is 0 Å². The Labute approximate surface area is 238 Å². The Hall–Kier alpha value is -4.34. The molecular formula is C36H28NO3P. The number of hydrogen-bond acceptors (Lipinski definition) is 4. The Bertz CT molecular complexity index is 2070.